The largest absolute Gasteiger partial charge is 0.372 e. The van der Waals surface area contributed by atoms with Crippen LogP contribution in [0.25, 0.3) is 0 Å². The zero-order chi connectivity index (χ0) is 13.1. The minimum Gasteiger partial charge on any atom is -0.372 e. The standard InChI is InChI=1S/C12H12BrClN4/c1-7-4-3-5-8(14)10(7)18-12-9(13)11(15-2)16-6-17-12/h3-6H,1-2H3,(H2,15,16,17,18). The molecule has 2 rings (SSSR count). The van der Waals surface area contributed by atoms with Crippen LogP contribution >= 0.6 is 27.5 Å². The summed E-state index contributed by atoms with van der Waals surface area (Å²) in [5.41, 5.74) is 1.90. The number of aryl methyl sites for hydroxylation is 1. The van der Waals surface area contributed by atoms with Crippen LogP contribution < -0.4 is 10.6 Å². The van der Waals surface area contributed by atoms with Gasteiger partial charge in [-0.15, -0.1) is 0 Å². The summed E-state index contributed by atoms with van der Waals surface area (Å²) in [6, 6.07) is 5.74. The molecular weight excluding hydrogens is 316 g/mol. The molecule has 2 aromatic rings. The Balaban J connectivity index is 2.40. The molecule has 0 saturated carbocycles. The highest BCUT2D eigenvalue weighted by atomic mass is 79.9. The molecule has 1 aromatic heterocycles. The summed E-state index contributed by atoms with van der Waals surface area (Å²) in [4.78, 5) is 8.30. The molecule has 2 N–H and O–H groups in total. The predicted molar refractivity (Wildman–Crippen MR) is 78.8 cm³/mol. The lowest BCUT2D eigenvalue weighted by atomic mass is 10.2. The Morgan fingerprint density at radius 3 is 2.61 bits per heavy atom. The first-order chi connectivity index (χ1) is 8.63. The van der Waals surface area contributed by atoms with Gasteiger partial charge in [0.05, 0.1) is 10.7 Å². The summed E-state index contributed by atoms with van der Waals surface area (Å²) >= 11 is 9.62. The number of benzene rings is 1. The van der Waals surface area contributed by atoms with E-state index in [9.17, 15) is 0 Å². The number of halogens is 2. The summed E-state index contributed by atoms with van der Waals surface area (Å²) < 4.78 is 0.770. The molecule has 94 valence electrons. The molecule has 0 fully saturated rings. The van der Waals surface area contributed by atoms with Gasteiger partial charge < -0.3 is 10.6 Å². The minimum absolute atomic E-state index is 0.659. The smallest absolute Gasteiger partial charge is 0.150 e. The van der Waals surface area contributed by atoms with Gasteiger partial charge in [-0.25, -0.2) is 9.97 Å². The first-order valence-corrected chi connectivity index (χ1v) is 6.51. The van der Waals surface area contributed by atoms with Crippen LogP contribution in [0, 0.1) is 6.92 Å². The van der Waals surface area contributed by atoms with Crippen LogP contribution in [0.1, 0.15) is 5.56 Å². The second-order valence-electron chi connectivity index (χ2n) is 3.69. The summed E-state index contributed by atoms with van der Waals surface area (Å²) in [7, 11) is 1.80. The Bertz CT molecular complexity index is 554. The van der Waals surface area contributed by atoms with Gasteiger partial charge in [0, 0.05) is 7.05 Å². The Morgan fingerprint density at radius 2 is 1.94 bits per heavy atom. The van der Waals surface area contributed by atoms with Crippen molar-refractivity contribution in [2.45, 2.75) is 6.92 Å². The molecule has 0 saturated heterocycles. The van der Waals surface area contributed by atoms with Crippen LogP contribution in [-0.2, 0) is 0 Å². The highest BCUT2D eigenvalue weighted by Crippen LogP contribution is 2.33. The number of hydrogen-bond donors (Lipinski definition) is 2. The maximum absolute atomic E-state index is 6.17. The average molecular weight is 328 g/mol. The monoisotopic (exact) mass is 326 g/mol. The van der Waals surface area contributed by atoms with E-state index in [2.05, 4.69) is 36.5 Å². The lowest BCUT2D eigenvalue weighted by Gasteiger charge is -2.13. The third kappa shape index (κ3) is 2.57. The highest BCUT2D eigenvalue weighted by molar-refractivity contribution is 9.10. The van der Waals surface area contributed by atoms with Gasteiger partial charge in [-0.1, -0.05) is 23.7 Å². The van der Waals surface area contributed by atoms with Crippen molar-refractivity contribution in [1.82, 2.24) is 9.97 Å². The van der Waals surface area contributed by atoms with E-state index in [0.29, 0.717) is 10.8 Å². The number of nitrogens with one attached hydrogen (secondary N) is 2. The normalized spacial score (nSPS) is 10.2. The molecule has 1 heterocycles. The minimum atomic E-state index is 0.659. The van der Waals surface area contributed by atoms with Gasteiger partial charge in [0.2, 0.25) is 0 Å². The molecule has 0 unspecified atom stereocenters. The van der Waals surface area contributed by atoms with E-state index in [0.717, 1.165) is 21.5 Å². The van der Waals surface area contributed by atoms with Gasteiger partial charge in [0.15, 0.2) is 0 Å². The predicted octanol–water partition coefficient (Wildman–Crippen LogP) is 3.99. The lowest BCUT2D eigenvalue weighted by Crippen LogP contribution is -2.01. The highest BCUT2D eigenvalue weighted by Gasteiger charge is 2.10. The van der Waals surface area contributed by atoms with Crippen LogP contribution in [0.4, 0.5) is 17.3 Å². The Morgan fingerprint density at radius 1 is 1.22 bits per heavy atom. The molecule has 6 heteroatoms. The van der Waals surface area contributed by atoms with E-state index < -0.39 is 0 Å². The van der Waals surface area contributed by atoms with E-state index in [1.54, 1.807) is 7.05 Å². The van der Waals surface area contributed by atoms with E-state index >= 15 is 0 Å². The summed E-state index contributed by atoms with van der Waals surface area (Å²) in [5.74, 6) is 1.39. The fourth-order valence-corrected chi connectivity index (χ4v) is 2.31. The van der Waals surface area contributed by atoms with Gasteiger partial charge in [-0.3, -0.25) is 0 Å². The van der Waals surface area contributed by atoms with Gasteiger partial charge in [0.1, 0.15) is 22.4 Å². The number of nitrogens with zero attached hydrogens (tertiary/aromatic N) is 2. The zero-order valence-corrected chi connectivity index (χ0v) is 12.3. The van der Waals surface area contributed by atoms with Crippen molar-refractivity contribution in [3.8, 4) is 0 Å². The molecule has 0 atom stereocenters. The van der Waals surface area contributed by atoms with Gasteiger partial charge in [-0.05, 0) is 34.5 Å². The fraction of sp³-hybridized carbons (Fsp3) is 0.167. The Labute approximate surface area is 119 Å². The molecule has 0 bridgehead atoms. The number of hydrogen-bond acceptors (Lipinski definition) is 4. The molecule has 1 aromatic carbocycles. The van der Waals surface area contributed by atoms with Crippen LogP contribution in [0.2, 0.25) is 5.02 Å². The number of para-hydroxylation sites is 1. The van der Waals surface area contributed by atoms with Crippen molar-refractivity contribution < 1.29 is 0 Å². The van der Waals surface area contributed by atoms with E-state index in [1.807, 2.05) is 25.1 Å². The van der Waals surface area contributed by atoms with Gasteiger partial charge in [0.25, 0.3) is 0 Å². The van der Waals surface area contributed by atoms with Crippen molar-refractivity contribution in [3.05, 3.63) is 39.6 Å². The molecule has 4 nitrogen and oxygen atoms in total. The maximum atomic E-state index is 6.17. The zero-order valence-electron chi connectivity index (χ0n) is 9.96. The molecular formula is C12H12BrClN4. The van der Waals surface area contributed by atoms with E-state index in [4.69, 9.17) is 11.6 Å². The van der Waals surface area contributed by atoms with Crippen LogP contribution in [0.15, 0.2) is 29.0 Å². The summed E-state index contributed by atoms with van der Waals surface area (Å²) in [6.07, 6.45) is 1.49. The first kappa shape index (κ1) is 13.1. The van der Waals surface area contributed by atoms with Crippen LogP contribution in [-0.4, -0.2) is 17.0 Å². The average Bonchev–Trinajstić information content (AvgIpc) is 2.36. The third-order valence-corrected chi connectivity index (χ3v) is 3.56. The molecule has 0 aliphatic rings. The van der Waals surface area contributed by atoms with Crippen LogP contribution in [0.5, 0.6) is 0 Å². The molecule has 0 spiro atoms. The number of anilines is 3. The second kappa shape index (κ2) is 5.54. The van der Waals surface area contributed by atoms with Gasteiger partial charge >= 0.3 is 0 Å². The van der Waals surface area contributed by atoms with Crippen molar-refractivity contribution >= 4 is 44.9 Å². The first-order valence-electron chi connectivity index (χ1n) is 5.34. The van der Waals surface area contributed by atoms with E-state index in [1.165, 1.54) is 6.33 Å². The van der Waals surface area contributed by atoms with Crippen LogP contribution in [0.3, 0.4) is 0 Å². The third-order valence-electron chi connectivity index (χ3n) is 2.49. The number of aromatic nitrogens is 2. The summed E-state index contributed by atoms with van der Waals surface area (Å²) in [6.45, 7) is 1.99. The molecule has 0 aliphatic carbocycles. The second-order valence-corrected chi connectivity index (χ2v) is 4.89. The Hall–Kier alpha value is -1.33. The quantitative estimate of drug-likeness (QED) is 0.895. The molecule has 0 amide bonds. The van der Waals surface area contributed by atoms with Gasteiger partial charge in [-0.2, -0.15) is 0 Å². The van der Waals surface area contributed by atoms with Crippen molar-refractivity contribution in [1.29, 1.82) is 0 Å². The SMILES string of the molecule is CNc1ncnc(Nc2c(C)cccc2Cl)c1Br. The molecule has 0 aliphatic heterocycles. The topological polar surface area (TPSA) is 49.8 Å². The maximum Gasteiger partial charge on any atom is 0.150 e. The summed E-state index contributed by atoms with van der Waals surface area (Å²) in [5, 5.41) is 6.85. The van der Waals surface area contributed by atoms with E-state index in [-0.39, 0.29) is 0 Å². The van der Waals surface area contributed by atoms with Crippen molar-refractivity contribution in [3.63, 3.8) is 0 Å². The van der Waals surface area contributed by atoms with Crippen molar-refractivity contribution in [2.24, 2.45) is 0 Å². The lowest BCUT2D eigenvalue weighted by molar-refractivity contribution is 1.14. The fourth-order valence-electron chi connectivity index (χ4n) is 1.54. The van der Waals surface area contributed by atoms with Crippen molar-refractivity contribution in [2.75, 3.05) is 17.7 Å². The number of rotatable bonds is 3. The Kier molecular flexibility index (Phi) is 4.04. The molecule has 18 heavy (non-hydrogen) atoms. The molecule has 0 radical (unpaired) electrons.